The zero-order valence-electron chi connectivity index (χ0n) is 14.8. The van der Waals surface area contributed by atoms with E-state index in [9.17, 15) is 9.50 Å². The summed E-state index contributed by atoms with van der Waals surface area (Å²) < 4.78 is 16.3. The molecule has 0 atom stereocenters. The Morgan fingerprint density at radius 2 is 1.64 bits per heavy atom. The van der Waals surface area contributed by atoms with Crippen LogP contribution in [0.3, 0.4) is 0 Å². The molecule has 2 nitrogen and oxygen atoms in total. The first-order valence-corrected chi connectivity index (χ1v) is 7.95. The van der Waals surface area contributed by atoms with E-state index in [0.717, 1.165) is 27.6 Å². The van der Waals surface area contributed by atoms with Gasteiger partial charge in [0.05, 0.1) is 5.39 Å². The molecule has 3 rings (SSSR count). The molecule has 0 saturated carbocycles. The molecule has 130 valence electrons. The molecule has 0 spiro atoms. The van der Waals surface area contributed by atoms with Crippen LogP contribution in [-0.4, -0.2) is 5.11 Å². The van der Waals surface area contributed by atoms with E-state index in [1.165, 1.54) is 0 Å². The Balaban J connectivity index is 0.00000225. The van der Waals surface area contributed by atoms with Gasteiger partial charge in [-0.05, 0) is 54.7 Å². The van der Waals surface area contributed by atoms with Gasteiger partial charge in [-0.1, -0.05) is 24.3 Å². The first-order chi connectivity index (χ1) is 11.4. The lowest BCUT2D eigenvalue weighted by Crippen LogP contribution is -3.00. The number of nitrogens with zero attached hydrogens (tertiary/aromatic N) is 1. The predicted octanol–water partition coefficient (Wildman–Crippen LogP) is 1.61. The standard InChI is InChI=1S/C21H20FNO.HI/c1-13-14(2)21(24)20(22)15(3)17(13)10-9-16-11-12-23(4)19-8-6-5-7-18(16)19;/h5-12H,1-4H3;1H. The molecule has 25 heavy (non-hydrogen) atoms. The summed E-state index contributed by atoms with van der Waals surface area (Å²) in [6, 6.07) is 10.2. The summed E-state index contributed by atoms with van der Waals surface area (Å²) >= 11 is 0. The summed E-state index contributed by atoms with van der Waals surface area (Å²) in [4.78, 5) is 0. The lowest BCUT2D eigenvalue weighted by atomic mass is 9.95. The summed E-state index contributed by atoms with van der Waals surface area (Å²) in [7, 11) is 2.02. The number of fused-ring (bicyclic) bond motifs is 1. The lowest BCUT2D eigenvalue weighted by molar-refractivity contribution is -0.644. The number of rotatable bonds is 2. The van der Waals surface area contributed by atoms with Crippen LogP contribution < -0.4 is 28.5 Å². The fourth-order valence-corrected chi connectivity index (χ4v) is 3.08. The quantitative estimate of drug-likeness (QED) is 0.467. The van der Waals surface area contributed by atoms with Gasteiger partial charge in [-0.2, -0.15) is 0 Å². The number of halogens is 2. The van der Waals surface area contributed by atoms with Crippen LogP contribution in [0.4, 0.5) is 4.39 Å². The molecule has 0 amide bonds. The van der Waals surface area contributed by atoms with Crippen LogP contribution in [0, 0.1) is 26.6 Å². The summed E-state index contributed by atoms with van der Waals surface area (Å²) in [5.74, 6) is -0.790. The molecule has 0 bridgehead atoms. The number of hydrogen-bond acceptors (Lipinski definition) is 1. The summed E-state index contributed by atoms with van der Waals surface area (Å²) in [5, 5.41) is 11.0. The second-order valence-electron chi connectivity index (χ2n) is 6.18. The first-order valence-electron chi connectivity index (χ1n) is 7.95. The minimum atomic E-state index is -0.540. The van der Waals surface area contributed by atoms with Crippen molar-refractivity contribution in [1.29, 1.82) is 0 Å². The Labute approximate surface area is 164 Å². The lowest BCUT2D eigenvalue weighted by Gasteiger charge is -2.12. The van der Waals surface area contributed by atoms with Crippen LogP contribution in [0.2, 0.25) is 0 Å². The molecule has 3 aromatic rings. The van der Waals surface area contributed by atoms with Crippen LogP contribution in [0.25, 0.3) is 23.1 Å². The summed E-state index contributed by atoms with van der Waals surface area (Å²) in [6.45, 7) is 5.34. The number of hydrogen-bond donors (Lipinski definition) is 1. The Kier molecular flexibility index (Phi) is 5.83. The number of aromatic nitrogens is 1. The Morgan fingerprint density at radius 3 is 2.36 bits per heavy atom. The highest BCUT2D eigenvalue weighted by Crippen LogP contribution is 2.32. The summed E-state index contributed by atoms with van der Waals surface area (Å²) in [5.41, 5.74) is 4.99. The van der Waals surface area contributed by atoms with E-state index in [4.69, 9.17) is 0 Å². The molecule has 0 saturated heterocycles. The third kappa shape index (κ3) is 3.40. The van der Waals surface area contributed by atoms with Crippen LogP contribution >= 0.6 is 0 Å². The fourth-order valence-electron chi connectivity index (χ4n) is 3.08. The van der Waals surface area contributed by atoms with Crippen molar-refractivity contribution in [2.24, 2.45) is 7.05 Å². The molecule has 0 unspecified atom stereocenters. The van der Waals surface area contributed by atoms with Crippen molar-refractivity contribution < 1.29 is 38.0 Å². The number of phenolic OH excluding ortho intramolecular Hbond substituents is 1. The van der Waals surface area contributed by atoms with Gasteiger partial charge in [0, 0.05) is 12.1 Å². The van der Waals surface area contributed by atoms with Gasteiger partial charge in [-0.25, -0.2) is 8.96 Å². The normalized spacial score (nSPS) is 11.1. The van der Waals surface area contributed by atoms with E-state index in [-0.39, 0.29) is 29.7 Å². The molecule has 2 aromatic carbocycles. The second-order valence-corrected chi connectivity index (χ2v) is 6.18. The van der Waals surface area contributed by atoms with Crippen molar-refractivity contribution in [3.8, 4) is 5.75 Å². The number of pyridine rings is 1. The molecule has 1 heterocycles. The molecule has 1 aromatic heterocycles. The Bertz CT molecular complexity index is 950. The third-order valence-corrected chi connectivity index (χ3v) is 4.77. The average Bonchev–Trinajstić information content (AvgIpc) is 2.60. The van der Waals surface area contributed by atoms with E-state index in [1.54, 1.807) is 13.8 Å². The van der Waals surface area contributed by atoms with Gasteiger partial charge in [-0.15, -0.1) is 0 Å². The second kappa shape index (κ2) is 7.52. The van der Waals surface area contributed by atoms with E-state index in [0.29, 0.717) is 11.1 Å². The maximum absolute atomic E-state index is 14.2. The topological polar surface area (TPSA) is 24.1 Å². The van der Waals surface area contributed by atoms with Crippen molar-refractivity contribution >= 4 is 23.1 Å². The largest absolute Gasteiger partial charge is 1.00 e. The van der Waals surface area contributed by atoms with Gasteiger partial charge < -0.3 is 29.1 Å². The number of para-hydroxylation sites is 1. The van der Waals surface area contributed by atoms with Gasteiger partial charge in [0.1, 0.15) is 7.05 Å². The minimum absolute atomic E-state index is 0. The number of benzene rings is 2. The maximum Gasteiger partial charge on any atom is 0.212 e. The smallest absolute Gasteiger partial charge is 0.212 e. The van der Waals surface area contributed by atoms with Gasteiger partial charge in [0.2, 0.25) is 5.52 Å². The van der Waals surface area contributed by atoms with E-state index >= 15 is 0 Å². The van der Waals surface area contributed by atoms with Crippen LogP contribution in [0.5, 0.6) is 5.75 Å². The van der Waals surface area contributed by atoms with E-state index < -0.39 is 5.82 Å². The van der Waals surface area contributed by atoms with Crippen molar-refractivity contribution in [2.45, 2.75) is 20.8 Å². The zero-order chi connectivity index (χ0) is 17.4. The number of phenols is 1. The molecule has 0 radical (unpaired) electrons. The highest BCUT2D eigenvalue weighted by Gasteiger charge is 2.15. The SMILES string of the molecule is Cc1c(C)c(/C=C/c2cc[n+](C)c3ccccc23)c(C)c(F)c1O.[I-]. The monoisotopic (exact) mass is 449 g/mol. The highest BCUT2D eigenvalue weighted by molar-refractivity contribution is 5.89. The van der Waals surface area contributed by atoms with Gasteiger partial charge in [-0.3, -0.25) is 0 Å². The molecule has 4 heteroatoms. The van der Waals surface area contributed by atoms with Crippen molar-refractivity contribution in [1.82, 2.24) is 0 Å². The van der Waals surface area contributed by atoms with Crippen molar-refractivity contribution in [3.63, 3.8) is 0 Å². The van der Waals surface area contributed by atoms with Gasteiger partial charge >= 0.3 is 0 Å². The zero-order valence-corrected chi connectivity index (χ0v) is 16.9. The average molecular weight is 449 g/mol. The maximum atomic E-state index is 14.2. The molecule has 0 aliphatic carbocycles. The third-order valence-electron chi connectivity index (χ3n) is 4.77. The van der Waals surface area contributed by atoms with Crippen LogP contribution in [-0.2, 0) is 7.05 Å². The van der Waals surface area contributed by atoms with Crippen LogP contribution in [0.15, 0.2) is 36.5 Å². The van der Waals surface area contributed by atoms with Crippen LogP contribution in [0.1, 0.15) is 27.8 Å². The molecule has 0 aliphatic rings. The fraction of sp³-hybridized carbons (Fsp3) is 0.190. The first kappa shape index (κ1) is 19.4. The number of aryl methyl sites for hydroxylation is 1. The Morgan fingerprint density at radius 1 is 0.960 bits per heavy atom. The Hall–Kier alpha value is -1.95. The van der Waals surface area contributed by atoms with Crippen molar-refractivity contribution in [2.75, 3.05) is 0 Å². The molecule has 1 N–H and O–H groups in total. The molecule has 0 aliphatic heterocycles. The summed E-state index contributed by atoms with van der Waals surface area (Å²) in [6.07, 6.45) is 5.96. The minimum Gasteiger partial charge on any atom is -1.00 e. The number of aromatic hydroxyl groups is 1. The van der Waals surface area contributed by atoms with Crippen molar-refractivity contribution in [3.05, 3.63) is 70.2 Å². The van der Waals surface area contributed by atoms with E-state index in [1.807, 2.05) is 50.5 Å². The predicted molar refractivity (Wildman–Crippen MR) is 96.3 cm³/mol. The van der Waals surface area contributed by atoms with Gasteiger partial charge in [0.25, 0.3) is 0 Å². The molecular formula is C21H21FINO. The van der Waals surface area contributed by atoms with E-state index in [2.05, 4.69) is 16.7 Å². The highest BCUT2D eigenvalue weighted by atomic mass is 127. The molecule has 0 fully saturated rings. The molecular weight excluding hydrogens is 428 g/mol. The van der Waals surface area contributed by atoms with Gasteiger partial charge in [0.15, 0.2) is 17.8 Å².